The van der Waals surface area contributed by atoms with Gasteiger partial charge in [-0.1, -0.05) is 41.5 Å². The number of carbonyl (C=O) groups excluding carboxylic acids is 2. The van der Waals surface area contributed by atoms with Gasteiger partial charge >= 0.3 is 12.1 Å². The van der Waals surface area contributed by atoms with Gasteiger partial charge in [-0.25, -0.2) is 33.3 Å². The van der Waals surface area contributed by atoms with E-state index >= 15 is 0 Å². The second-order valence-electron chi connectivity index (χ2n) is 16.4. The number of hydrogen-bond acceptors (Lipinski definition) is 11. The molecule has 0 bridgehead atoms. The van der Waals surface area contributed by atoms with Crippen LogP contribution in [-0.4, -0.2) is 35.7 Å². The molecular formula is C41H53N9O6S4. The van der Waals surface area contributed by atoms with Crippen molar-refractivity contribution in [2.75, 3.05) is 10.6 Å². The van der Waals surface area contributed by atoms with E-state index in [1.165, 1.54) is 26.1 Å². The number of nitriles is 2. The van der Waals surface area contributed by atoms with Crippen LogP contribution in [0.15, 0.2) is 59.1 Å². The largest absolute Gasteiger partial charge is 0.386 e. The first-order valence-electron chi connectivity index (χ1n) is 19.1. The normalized spacial score (nSPS) is 15.0. The van der Waals surface area contributed by atoms with E-state index in [1.54, 1.807) is 43.5 Å². The van der Waals surface area contributed by atoms with Crippen molar-refractivity contribution in [1.29, 1.82) is 10.5 Å². The van der Waals surface area contributed by atoms with Crippen molar-refractivity contribution in [2.24, 2.45) is 19.0 Å². The lowest BCUT2D eigenvalue weighted by Crippen LogP contribution is -2.19. The van der Waals surface area contributed by atoms with Gasteiger partial charge in [0.05, 0.1) is 35.1 Å². The summed E-state index contributed by atoms with van der Waals surface area (Å²) in [4.78, 5) is 31.1. The van der Waals surface area contributed by atoms with Crippen LogP contribution < -0.4 is 20.9 Å². The summed E-state index contributed by atoms with van der Waals surface area (Å²) in [5.41, 5.74) is 2.14. The van der Waals surface area contributed by atoms with Crippen molar-refractivity contribution in [3.8, 4) is 12.1 Å². The van der Waals surface area contributed by atoms with E-state index in [2.05, 4.69) is 36.5 Å². The molecule has 0 saturated carbocycles. The predicted molar refractivity (Wildman–Crippen MR) is 238 cm³/mol. The zero-order valence-electron chi connectivity index (χ0n) is 35.3. The molecule has 15 nitrogen and oxygen atoms in total. The Balaban J connectivity index is 1.69. The molecule has 4 unspecified atom stereocenters. The standard InChI is InChI=1S/C41H53N9O6S4/c1-22(2)29-13-26(18-42)15-31(35(29)47-38(51)49-59(44,55)33-17-28(21-57-33)40(7,8)53)24(5)11-12-25(6)32-16-27(19-43)14-30(23(3)4)36(32)48-39(52)50-60(45,56)34-20-46-37(58-34)41(9,10)54/h13-17,20-25,53-54H,11-12H2,1-10H3,(H3,44,47,49,51,55)(H3,45,48,50,52,56). The van der Waals surface area contributed by atoms with Gasteiger partial charge in [0.2, 0.25) is 0 Å². The van der Waals surface area contributed by atoms with Crippen LogP contribution >= 0.6 is 22.7 Å². The third-order valence-electron chi connectivity index (χ3n) is 9.76. The Morgan fingerprint density at radius 1 is 0.750 bits per heavy atom. The number of carbonyl (C=O) groups is 2. The molecule has 0 radical (unpaired) electrons. The SMILES string of the molecule is CC(C)c1cc(C#N)cc(C(C)CCC(C)c2cc(C#N)cc(C(C)C)c2NC(=O)N=S(N)(=O)c2cnc(C(C)(C)O)s2)c1NC(=O)N=S(N)(=O)c1cc(C(C)(C)O)cs1. The zero-order chi connectivity index (χ0) is 45.1. The number of anilines is 2. The van der Waals surface area contributed by atoms with Gasteiger partial charge in [-0.15, -0.1) is 31.4 Å². The number of aromatic nitrogens is 1. The van der Waals surface area contributed by atoms with E-state index in [0.29, 0.717) is 63.2 Å². The van der Waals surface area contributed by atoms with Crippen LogP contribution in [0.25, 0.3) is 0 Å². The van der Waals surface area contributed by atoms with Crippen LogP contribution in [0.2, 0.25) is 0 Å². The molecule has 2 aromatic heterocycles. The Morgan fingerprint density at radius 2 is 1.17 bits per heavy atom. The minimum Gasteiger partial charge on any atom is -0.386 e. The Bertz CT molecular complexity index is 2440. The summed E-state index contributed by atoms with van der Waals surface area (Å²) in [6.07, 6.45) is 2.24. The number of thiophene rings is 1. The van der Waals surface area contributed by atoms with E-state index in [1.807, 2.05) is 41.5 Å². The molecule has 4 atom stereocenters. The van der Waals surface area contributed by atoms with Crippen LogP contribution in [0.1, 0.15) is 150 Å². The number of rotatable bonds is 13. The Morgan fingerprint density at radius 3 is 1.52 bits per heavy atom. The van der Waals surface area contributed by atoms with Gasteiger partial charge < -0.3 is 20.8 Å². The van der Waals surface area contributed by atoms with Crippen LogP contribution in [0.5, 0.6) is 0 Å². The van der Waals surface area contributed by atoms with Gasteiger partial charge in [0.1, 0.15) is 19.0 Å². The molecule has 4 aromatic rings. The lowest BCUT2D eigenvalue weighted by Gasteiger charge is -2.25. The molecule has 0 saturated heterocycles. The molecule has 19 heteroatoms. The first kappa shape index (κ1) is 48.1. The molecular weight excluding hydrogens is 843 g/mol. The minimum atomic E-state index is -3.74. The number of aliphatic hydroxyl groups is 2. The topological polar surface area (TPSA) is 270 Å². The summed E-state index contributed by atoms with van der Waals surface area (Å²) < 4.78 is 34.8. The van der Waals surface area contributed by atoms with Crippen LogP contribution in [0.4, 0.5) is 21.0 Å². The van der Waals surface area contributed by atoms with Gasteiger partial charge in [0, 0.05) is 11.4 Å². The summed E-state index contributed by atoms with van der Waals surface area (Å²) in [6, 6.07) is 10.7. The Hall–Kier alpha value is -4.57. The van der Waals surface area contributed by atoms with Gasteiger partial charge in [-0.05, 0) is 128 Å². The highest BCUT2D eigenvalue weighted by molar-refractivity contribution is 7.94. The molecule has 0 fully saturated rings. The number of nitrogens with two attached hydrogens (primary N) is 2. The molecule has 322 valence electrons. The first-order chi connectivity index (χ1) is 27.7. The van der Waals surface area contributed by atoms with Gasteiger partial charge in [0.25, 0.3) is 0 Å². The molecule has 60 heavy (non-hydrogen) atoms. The van der Waals surface area contributed by atoms with E-state index in [4.69, 9.17) is 10.3 Å². The summed E-state index contributed by atoms with van der Waals surface area (Å²) in [5, 5.41) is 60.3. The monoisotopic (exact) mass is 895 g/mol. The summed E-state index contributed by atoms with van der Waals surface area (Å²) in [5.74, 6) is -0.836. The van der Waals surface area contributed by atoms with Crippen molar-refractivity contribution in [3.05, 3.63) is 85.9 Å². The summed E-state index contributed by atoms with van der Waals surface area (Å²) >= 11 is 1.92. The van der Waals surface area contributed by atoms with E-state index in [9.17, 15) is 38.7 Å². The fourth-order valence-corrected chi connectivity index (χ4v) is 10.7. The average molecular weight is 896 g/mol. The fraction of sp³-hybridized carbons (Fsp3) is 0.439. The summed E-state index contributed by atoms with van der Waals surface area (Å²) in [7, 11) is -7.43. The molecule has 0 aliphatic carbocycles. The van der Waals surface area contributed by atoms with Crippen molar-refractivity contribution in [3.63, 3.8) is 0 Å². The number of hydrogen-bond donors (Lipinski definition) is 6. The predicted octanol–water partition coefficient (Wildman–Crippen LogP) is 9.20. The molecule has 2 aromatic carbocycles. The van der Waals surface area contributed by atoms with Gasteiger partial charge in [-0.3, -0.25) is 0 Å². The average Bonchev–Trinajstić information content (AvgIpc) is 3.86. The molecule has 0 spiro atoms. The van der Waals surface area contributed by atoms with Gasteiger partial charge in [-0.2, -0.15) is 10.5 Å². The lowest BCUT2D eigenvalue weighted by molar-refractivity contribution is 0.0779. The molecule has 8 N–H and O–H groups in total. The number of urea groups is 2. The molecule has 2 heterocycles. The molecule has 4 amide bonds. The second-order valence-corrected chi connectivity index (χ2v) is 22.4. The highest BCUT2D eigenvalue weighted by atomic mass is 32.2. The smallest absolute Gasteiger partial charge is 0.354 e. The number of amides is 4. The van der Waals surface area contributed by atoms with Gasteiger partial charge in [0.15, 0.2) is 19.8 Å². The Kier molecular flexibility index (Phi) is 14.9. The fourth-order valence-electron chi connectivity index (χ4n) is 6.36. The third kappa shape index (κ3) is 11.6. The zero-order valence-corrected chi connectivity index (χ0v) is 38.6. The van der Waals surface area contributed by atoms with Crippen molar-refractivity contribution >= 4 is 65.9 Å². The first-order valence-corrected chi connectivity index (χ1v) is 23.9. The quantitative estimate of drug-likeness (QED) is 0.0745. The number of benzene rings is 2. The second kappa shape index (κ2) is 18.6. The molecule has 0 aliphatic rings. The van der Waals surface area contributed by atoms with Crippen molar-refractivity contribution < 1.29 is 28.2 Å². The Labute approximate surface area is 360 Å². The maximum atomic E-state index is 13.5. The van der Waals surface area contributed by atoms with E-state index in [0.717, 1.165) is 22.7 Å². The third-order valence-corrected chi connectivity index (χ3v) is 15.8. The van der Waals surface area contributed by atoms with Crippen molar-refractivity contribution in [1.82, 2.24) is 4.98 Å². The highest BCUT2D eigenvalue weighted by Gasteiger charge is 2.27. The van der Waals surface area contributed by atoms with E-state index in [-0.39, 0.29) is 37.1 Å². The van der Waals surface area contributed by atoms with Crippen LogP contribution in [0.3, 0.4) is 0 Å². The number of nitrogens with zero attached hydrogens (tertiary/aromatic N) is 5. The molecule has 4 rings (SSSR count). The maximum absolute atomic E-state index is 13.5. The highest BCUT2D eigenvalue weighted by Crippen LogP contribution is 2.40. The van der Waals surface area contributed by atoms with Crippen LogP contribution in [-0.2, 0) is 31.0 Å². The summed E-state index contributed by atoms with van der Waals surface area (Å²) in [6.45, 7) is 17.7. The molecule has 0 aliphatic heterocycles. The minimum absolute atomic E-state index is 0.0199. The van der Waals surface area contributed by atoms with Crippen molar-refractivity contribution in [2.45, 2.75) is 125 Å². The number of thiazole rings is 1. The van der Waals surface area contributed by atoms with E-state index < -0.39 is 43.1 Å². The van der Waals surface area contributed by atoms with Crippen LogP contribution in [0, 0.1) is 22.7 Å². The lowest BCUT2D eigenvalue weighted by atomic mass is 9.83. The maximum Gasteiger partial charge on any atom is 0.354 e. The number of nitrogens with one attached hydrogen (secondary N) is 2.